The minimum Gasteiger partial charge on any atom is -0.377 e. The molecule has 0 unspecified atom stereocenters. The second-order valence-corrected chi connectivity index (χ2v) is 7.80. The van der Waals surface area contributed by atoms with Crippen LogP contribution in [0.5, 0.6) is 0 Å². The van der Waals surface area contributed by atoms with Gasteiger partial charge in [-0.05, 0) is 36.2 Å². The summed E-state index contributed by atoms with van der Waals surface area (Å²) in [6.45, 7) is 2.34. The van der Waals surface area contributed by atoms with Gasteiger partial charge >= 0.3 is 6.18 Å². The Balaban J connectivity index is 1.96. The van der Waals surface area contributed by atoms with E-state index in [2.05, 4.69) is 5.32 Å². The first kappa shape index (κ1) is 22.9. The Bertz CT molecular complexity index is 946. The predicted octanol–water partition coefficient (Wildman–Crippen LogP) is 2.84. The van der Waals surface area contributed by atoms with E-state index >= 15 is 0 Å². The molecule has 0 aliphatic rings. The highest BCUT2D eigenvalue weighted by Crippen LogP contribution is 2.30. The van der Waals surface area contributed by atoms with Crippen LogP contribution in [0.1, 0.15) is 23.6 Å². The van der Waals surface area contributed by atoms with E-state index in [0.29, 0.717) is 19.3 Å². The van der Waals surface area contributed by atoms with Gasteiger partial charge in [-0.2, -0.15) is 13.2 Å². The maximum absolute atomic E-state index is 12.8. The zero-order valence-electron chi connectivity index (χ0n) is 15.6. The highest BCUT2D eigenvalue weighted by molar-refractivity contribution is 7.89. The monoisotopic (exact) mass is 430 g/mol. The molecule has 0 spiro atoms. The quantitative estimate of drug-likeness (QED) is 0.641. The van der Waals surface area contributed by atoms with Gasteiger partial charge < -0.3 is 10.1 Å². The number of amides is 1. The summed E-state index contributed by atoms with van der Waals surface area (Å²) in [6.07, 6.45) is -4.67. The minimum atomic E-state index is -4.67. The predicted molar refractivity (Wildman–Crippen MR) is 100 cm³/mol. The van der Waals surface area contributed by atoms with Crippen molar-refractivity contribution >= 4 is 15.9 Å². The largest absolute Gasteiger partial charge is 0.416 e. The Hall–Kier alpha value is -2.43. The molecule has 2 N–H and O–H groups in total. The first-order valence-electron chi connectivity index (χ1n) is 8.71. The molecule has 0 fully saturated rings. The van der Waals surface area contributed by atoms with Gasteiger partial charge in [-0.3, -0.25) is 4.79 Å². The third kappa shape index (κ3) is 6.84. The molecule has 0 aromatic heterocycles. The normalized spacial score (nSPS) is 12.0. The van der Waals surface area contributed by atoms with Crippen LogP contribution in [0.25, 0.3) is 0 Å². The number of carbonyl (C=O) groups excluding carboxylic acids is 1. The van der Waals surface area contributed by atoms with Gasteiger partial charge in [0.25, 0.3) is 0 Å². The third-order valence-corrected chi connectivity index (χ3v) is 5.35. The van der Waals surface area contributed by atoms with E-state index in [1.165, 1.54) is 0 Å². The van der Waals surface area contributed by atoms with Crippen molar-refractivity contribution in [1.29, 1.82) is 0 Å². The summed E-state index contributed by atoms with van der Waals surface area (Å²) < 4.78 is 70.0. The van der Waals surface area contributed by atoms with Gasteiger partial charge in [-0.15, -0.1) is 0 Å². The van der Waals surface area contributed by atoms with Gasteiger partial charge in [0, 0.05) is 13.2 Å². The molecule has 2 aromatic rings. The maximum Gasteiger partial charge on any atom is 0.416 e. The maximum atomic E-state index is 12.8. The topological polar surface area (TPSA) is 84.5 Å². The highest BCUT2D eigenvalue weighted by Gasteiger charge is 2.31. The van der Waals surface area contributed by atoms with Crippen LogP contribution < -0.4 is 10.0 Å². The summed E-state index contributed by atoms with van der Waals surface area (Å²) in [7, 11) is -4.27. The first-order valence-corrected chi connectivity index (χ1v) is 10.2. The van der Waals surface area contributed by atoms with Crippen LogP contribution in [0.4, 0.5) is 13.2 Å². The number of ether oxygens (including phenoxy) is 1. The van der Waals surface area contributed by atoms with E-state index in [9.17, 15) is 26.4 Å². The molecule has 0 atom stereocenters. The van der Waals surface area contributed by atoms with Crippen molar-refractivity contribution in [3.8, 4) is 0 Å². The average molecular weight is 430 g/mol. The van der Waals surface area contributed by atoms with Crippen molar-refractivity contribution < 1.29 is 31.1 Å². The number of hydrogen-bond donors (Lipinski definition) is 2. The number of hydrogen-bond acceptors (Lipinski definition) is 4. The smallest absolute Gasteiger partial charge is 0.377 e. The fraction of sp³-hybridized carbons (Fsp3) is 0.316. The van der Waals surface area contributed by atoms with E-state index < -0.39 is 39.1 Å². The highest BCUT2D eigenvalue weighted by atomic mass is 32.2. The Morgan fingerprint density at radius 2 is 1.76 bits per heavy atom. The van der Waals surface area contributed by atoms with Crippen LogP contribution in [0.15, 0.2) is 53.4 Å². The van der Waals surface area contributed by atoms with Crippen LogP contribution in [0.2, 0.25) is 0 Å². The molecule has 0 aliphatic heterocycles. The van der Waals surface area contributed by atoms with Crippen molar-refractivity contribution in [3.05, 3.63) is 65.2 Å². The SMILES string of the molecule is CCOCc1ccccc1CNC(=O)CNS(=O)(=O)c1cccc(C(F)(F)F)c1. The standard InChI is InChI=1S/C19H21F3N2O4S/c1-2-28-13-15-7-4-3-6-14(15)11-23-18(25)12-24-29(26,27)17-9-5-8-16(10-17)19(20,21)22/h3-10,24H,2,11-13H2,1H3,(H,23,25). The number of halogens is 3. The summed E-state index contributed by atoms with van der Waals surface area (Å²) in [6, 6.07) is 10.6. The fourth-order valence-electron chi connectivity index (χ4n) is 2.42. The van der Waals surface area contributed by atoms with Crippen molar-refractivity contribution in [2.24, 2.45) is 0 Å². The molecular weight excluding hydrogens is 409 g/mol. The summed E-state index contributed by atoms with van der Waals surface area (Å²) in [5.74, 6) is -0.619. The minimum absolute atomic E-state index is 0.160. The zero-order chi connectivity index (χ0) is 21.5. The molecule has 6 nitrogen and oxygen atoms in total. The van der Waals surface area contributed by atoms with Crippen LogP contribution in [0.3, 0.4) is 0 Å². The van der Waals surface area contributed by atoms with Crippen molar-refractivity contribution in [1.82, 2.24) is 10.0 Å². The van der Waals surface area contributed by atoms with Crippen LogP contribution >= 0.6 is 0 Å². The number of nitrogens with one attached hydrogen (secondary N) is 2. The van der Waals surface area contributed by atoms with Gasteiger partial charge in [0.2, 0.25) is 15.9 Å². The van der Waals surface area contributed by atoms with Crippen LogP contribution in [-0.4, -0.2) is 27.5 Å². The number of sulfonamides is 1. The molecule has 10 heteroatoms. The number of carbonyl (C=O) groups is 1. The zero-order valence-corrected chi connectivity index (χ0v) is 16.4. The lowest BCUT2D eigenvalue weighted by Gasteiger charge is -2.12. The van der Waals surface area contributed by atoms with Crippen LogP contribution in [-0.2, 0) is 38.9 Å². The molecule has 2 rings (SSSR count). The lowest BCUT2D eigenvalue weighted by atomic mass is 10.1. The summed E-state index contributed by atoms with van der Waals surface area (Å²) in [5.41, 5.74) is 0.616. The number of alkyl halides is 3. The molecule has 0 saturated heterocycles. The molecule has 0 aliphatic carbocycles. The number of benzene rings is 2. The first-order chi connectivity index (χ1) is 13.6. The van der Waals surface area contributed by atoms with Crippen LogP contribution in [0, 0.1) is 0 Å². The van der Waals surface area contributed by atoms with E-state index in [4.69, 9.17) is 4.74 Å². The Morgan fingerprint density at radius 1 is 1.07 bits per heavy atom. The summed E-state index contributed by atoms with van der Waals surface area (Å²) in [5, 5.41) is 2.57. The lowest BCUT2D eigenvalue weighted by molar-refractivity contribution is -0.137. The van der Waals surface area contributed by atoms with Crippen molar-refractivity contribution in [2.45, 2.75) is 31.1 Å². The van der Waals surface area contributed by atoms with E-state index in [1.807, 2.05) is 23.8 Å². The van der Waals surface area contributed by atoms with E-state index in [1.54, 1.807) is 12.1 Å². The molecule has 0 heterocycles. The van der Waals surface area contributed by atoms with Gasteiger partial charge in [-0.1, -0.05) is 30.3 Å². The molecule has 0 bridgehead atoms. The molecule has 0 radical (unpaired) electrons. The fourth-order valence-corrected chi connectivity index (χ4v) is 3.45. The van der Waals surface area contributed by atoms with Gasteiger partial charge in [0.05, 0.1) is 23.6 Å². The average Bonchev–Trinajstić information content (AvgIpc) is 2.69. The second kappa shape index (κ2) is 9.86. The van der Waals surface area contributed by atoms with E-state index in [0.717, 1.165) is 29.3 Å². The molecule has 1 amide bonds. The Labute approximate surface area is 167 Å². The molecule has 0 saturated carbocycles. The summed E-state index contributed by atoms with van der Waals surface area (Å²) >= 11 is 0. The molecule has 29 heavy (non-hydrogen) atoms. The third-order valence-electron chi connectivity index (χ3n) is 3.95. The molecule has 158 valence electrons. The Morgan fingerprint density at radius 3 is 2.41 bits per heavy atom. The molecular formula is C19H21F3N2O4S. The lowest BCUT2D eigenvalue weighted by Crippen LogP contribution is -2.36. The van der Waals surface area contributed by atoms with Gasteiger partial charge in [0.15, 0.2) is 0 Å². The molecule has 2 aromatic carbocycles. The Kier molecular flexibility index (Phi) is 7.77. The van der Waals surface area contributed by atoms with Crippen molar-refractivity contribution in [2.75, 3.05) is 13.2 Å². The van der Waals surface area contributed by atoms with E-state index in [-0.39, 0.29) is 6.54 Å². The summed E-state index contributed by atoms with van der Waals surface area (Å²) in [4.78, 5) is 11.4. The van der Waals surface area contributed by atoms with Gasteiger partial charge in [-0.25, -0.2) is 13.1 Å². The van der Waals surface area contributed by atoms with Crippen molar-refractivity contribution in [3.63, 3.8) is 0 Å². The van der Waals surface area contributed by atoms with Gasteiger partial charge in [0.1, 0.15) is 0 Å². The number of rotatable bonds is 9. The second-order valence-electron chi connectivity index (χ2n) is 6.03.